The van der Waals surface area contributed by atoms with E-state index in [2.05, 4.69) is 4.99 Å². The maximum absolute atomic E-state index is 9.98. The molecule has 1 saturated heterocycles. The first kappa shape index (κ1) is 15.2. The zero-order chi connectivity index (χ0) is 15.7. The first-order chi connectivity index (χ1) is 10.6. The van der Waals surface area contributed by atoms with Crippen molar-refractivity contribution in [2.24, 2.45) is 4.99 Å². The second-order valence-electron chi connectivity index (χ2n) is 5.11. The van der Waals surface area contributed by atoms with Crippen LogP contribution in [0.25, 0.3) is 0 Å². The number of hydrogen-bond acceptors (Lipinski definition) is 8. The number of nitrogens with zero attached hydrogens (tertiary/aromatic N) is 1. The molecule has 0 spiro atoms. The lowest BCUT2D eigenvalue weighted by Gasteiger charge is -2.38. The molecule has 0 unspecified atom stereocenters. The molecule has 2 aliphatic heterocycles. The summed E-state index contributed by atoms with van der Waals surface area (Å²) in [7, 11) is 0. The van der Waals surface area contributed by atoms with Crippen LogP contribution in [0.1, 0.15) is 5.56 Å². The maximum Gasteiger partial charge on any atom is 0.231 e. The monoisotopic (exact) mass is 311 g/mol. The van der Waals surface area contributed by atoms with Gasteiger partial charge in [0, 0.05) is 6.21 Å². The Bertz CT molecular complexity index is 564. The predicted molar refractivity (Wildman–Crippen MR) is 73.9 cm³/mol. The van der Waals surface area contributed by atoms with Crippen molar-refractivity contribution in [3.8, 4) is 11.5 Å². The molecule has 120 valence electrons. The molecule has 0 bridgehead atoms. The topological polar surface area (TPSA) is 121 Å². The standard InChI is InChI=1S/C14H17NO7/c16-5-10-12(17)13(18)11(14(19)22-10)15-4-7-1-2-8-9(3-7)21-6-20-8/h1-4,10-14,16-19H,5-6H2/t10-,11-,12+,13-,14-/m0/s1. The fourth-order valence-corrected chi connectivity index (χ4v) is 2.41. The summed E-state index contributed by atoms with van der Waals surface area (Å²) in [6.45, 7) is -0.341. The molecule has 0 radical (unpaired) electrons. The summed E-state index contributed by atoms with van der Waals surface area (Å²) in [5, 5.41) is 38.6. The summed E-state index contributed by atoms with van der Waals surface area (Å²) in [6.07, 6.45) is -3.68. The van der Waals surface area contributed by atoms with Crippen LogP contribution in [0.4, 0.5) is 0 Å². The van der Waals surface area contributed by atoms with E-state index in [4.69, 9.17) is 19.3 Å². The van der Waals surface area contributed by atoms with Crippen molar-refractivity contribution in [1.82, 2.24) is 0 Å². The average Bonchev–Trinajstić information content (AvgIpc) is 2.98. The number of rotatable bonds is 3. The molecule has 3 rings (SSSR count). The van der Waals surface area contributed by atoms with Crippen LogP contribution >= 0.6 is 0 Å². The summed E-state index contributed by atoms with van der Waals surface area (Å²) >= 11 is 0. The summed E-state index contributed by atoms with van der Waals surface area (Å²) in [6, 6.07) is 4.13. The largest absolute Gasteiger partial charge is 0.454 e. The fraction of sp³-hybridized carbons (Fsp3) is 0.500. The number of aliphatic hydroxyl groups is 4. The summed E-state index contributed by atoms with van der Waals surface area (Å²) < 4.78 is 15.5. The first-order valence-electron chi connectivity index (χ1n) is 6.83. The Morgan fingerprint density at radius 3 is 2.68 bits per heavy atom. The summed E-state index contributed by atoms with van der Waals surface area (Å²) in [5.41, 5.74) is 0.683. The molecule has 22 heavy (non-hydrogen) atoms. The highest BCUT2D eigenvalue weighted by atomic mass is 16.7. The van der Waals surface area contributed by atoms with Crippen LogP contribution in [0.3, 0.4) is 0 Å². The Balaban J connectivity index is 1.74. The Morgan fingerprint density at radius 2 is 1.91 bits per heavy atom. The molecule has 4 N–H and O–H groups in total. The van der Waals surface area contributed by atoms with Crippen LogP contribution in [-0.2, 0) is 4.74 Å². The van der Waals surface area contributed by atoms with Crippen LogP contribution < -0.4 is 9.47 Å². The van der Waals surface area contributed by atoms with E-state index in [-0.39, 0.29) is 6.79 Å². The Hall–Kier alpha value is -1.71. The lowest BCUT2D eigenvalue weighted by Crippen LogP contribution is -2.57. The molecule has 5 atom stereocenters. The number of benzene rings is 1. The third-order valence-corrected chi connectivity index (χ3v) is 3.66. The zero-order valence-electron chi connectivity index (χ0n) is 11.6. The van der Waals surface area contributed by atoms with Crippen molar-refractivity contribution in [3.63, 3.8) is 0 Å². The second kappa shape index (κ2) is 6.19. The SMILES string of the molecule is OC[C@@H]1O[C@H](O)[C@@H](N=Cc2ccc3c(c2)OCO3)[C@H](O)[C@@H]1O. The van der Waals surface area contributed by atoms with Gasteiger partial charge in [-0.2, -0.15) is 0 Å². The molecule has 1 fully saturated rings. The molecule has 8 nitrogen and oxygen atoms in total. The molecule has 1 aromatic carbocycles. The van der Waals surface area contributed by atoms with E-state index in [0.29, 0.717) is 17.1 Å². The van der Waals surface area contributed by atoms with Crippen LogP contribution in [-0.4, -0.2) is 70.7 Å². The minimum absolute atomic E-state index is 0.165. The molecule has 0 aliphatic carbocycles. The van der Waals surface area contributed by atoms with Crippen LogP contribution in [0.15, 0.2) is 23.2 Å². The van der Waals surface area contributed by atoms with Gasteiger partial charge in [0.25, 0.3) is 0 Å². The van der Waals surface area contributed by atoms with E-state index in [9.17, 15) is 15.3 Å². The van der Waals surface area contributed by atoms with Crippen LogP contribution in [0.2, 0.25) is 0 Å². The first-order valence-corrected chi connectivity index (χ1v) is 6.83. The Labute approximate surface area is 126 Å². The lowest BCUT2D eigenvalue weighted by atomic mass is 9.97. The van der Waals surface area contributed by atoms with Gasteiger partial charge in [0.15, 0.2) is 17.8 Å². The van der Waals surface area contributed by atoms with Gasteiger partial charge in [0.1, 0.15) is 24.4 Å². The molecular weight excluding hydrogens is 294 g/mol. The molecule has 0 amide bonds. The minimum atomic E-state index is -1.42. The van der Waals surface area contributed by atoms with Gasteiger partial charge in [-0.3, -0.25) is 4.99 Å². The van der Waals surface area contributed by atoms with E-state index in [1.54, 1.807) is 18.2 Å². The minimum Gasteiger partial charge on any atom is -0.454 e. The van der Waals surface area contributed by atoms with E-state index in [0.717, 1.165) is 0 Å². The zero-order valence-corrected chi connectivity index (χ0v) is 11.6. The van der Waals surface area contributed by atoms with Crippen molar-refractivity contribution in [1.29, 1.82) is 0 Å². The quantitative estimate of drug-likeness (QED) is 0.508. The number of hydrogen-bond donors (Lipinski definition) is 4. The van der Waals surface area contributed by atoms with Crippen molar-refractivity contribution >= 4 is 6.21 Å². The average molecular weight is 311 g/mol. The smallest absolute Gasteiger partial charge is 0.231 e. The van der Waals surface area contributed by atoms with Crippen molar-refractivity contribution in [3.05, 3.63) is 23.8 Å². The van der Waals surface area contributed by atoms with Crippen LogP contribution in [0.5, 0.6) is 11.5 Å². The van der Waals surface area contributed by atoms with Gasteiger partial charge in [-0.25, -0.2) is 0 Å². The third kappa shape index (κ3) is 2.79. The highest BCUT2D eigenvalue weighted by molar-refractivity contribution is 5.81. The Kier molecular flexibility index (Phi) is 4.27. The van der Waals surface area contributed by atoms with Crippen molar-refractivity contribution < 1.29 is 34.6 Å². The van der Waals surface area contributed by atoms with Gasteiger partial charge in [-0.05, 0) is 23.8 Å². The van der Waals surface area contributed by atoms with E-state index < -0.39 is 37.3 Å². The molecule has 0 aromatic heterocycles. The number of aliphatic hydroxyl groups excluding tert-OH is 4. The van der Waals surface area contributed by atoms with Crippen LogP contribution in [0, 0.1) is 0 Å². The van der Waals surface area contributed by atoms with E-state index in [1.165, 1.54) is 6.21 Å². The fourth-order valence-electron chi connectivity index (χ4n) is 2.41. The number of ether oxygens (including phenoxy) is 3. The van der Waals surface area contributed by atoms with Gasteiger partial charge in [0.05, 0.1) is 6.61 Å². The molecule has 0 saturated carbocycles. The predicted octanol–water partition coefficient (Wildman–Crippen LogP) is -1.37. The highest BCUT2D eigenvalue weighted by Gasteiger charge is 2.43. The second-order valence-corrected chi connectivity index (χ2v) is 5.11. The maximum atomic E-state index is 9.98. The molecule has 2 heterocycles. The normalized spacial score (nSPS) is 34.3. The molecule has 2 aliphatic rings. The van der Waals surface area contributed by atoms with E-state index in [1.807, 2.05) is 0 Å². The summed E-state index contributed by atoms with van der Waals surface area (Å²) in [4.78, 5) is 4.07. The molecular formula is C14H17NO7. The van der Waals surface area contributed by atoms with Gasteiger partial charge in [-0.15, -0.1) is 0 Å². The lowest BCUT2D eigenvalue weighted by molar-refractivity contribution is -0.248. The van der Waals surface area contributed by atoms with Gasteiger partial charge in [0.2, 0.25) is 6.79 Å². The van der Waals surface area contributed by atoms with Crippen molar-refractivity contribution in [2.75, 3.05) is 13.4 Å². The third-order valence-electron chi connectivity index (χ3n) is 3.66. The van der Waals surface area contributed by atoms with Gasteiger partial charge in [-0.1, -0.05) is 0 Å². The van der Waals surface area contributed by atoms with Gasteiger partial charge >= 0.3 is 0 Å². The molecule has 8 heteroatoms. The summed E-state index contributed by atoms with van der Waals surface area (Å²) in [5.74, 6) is 1.23. The number of aliphatic imine (C=N–C) groups is 1. The molecule has 1 aromatic rings. The number of fused-ring (bicyclic) bond motifs is 1. The Morgan fingerprint density at radius 1 is 1.14 bits per heavy atom. The van der Waals surface area contributed by atoms with Crippen molar-refractivity contribution in [2.45, 2.75) is 30.6 Å². The van der Waals surface area contributed by atoms with E-state index >= 15 is 0 Å². The van der Waals surface area contributed by atoms with Gasteiger partial charge < -0.3 is 34.6 Å². The highest BCUT2D eigenvalue weighted by Crippen LogP contribution is 2.32.